The molecule has 0 aliphatic rings. The summed E-state index contributed by atoms with van der Waals surface area (Å²) >= 11 is 1.39. The van der Waals surface area contributed by atoms with Gasteiger partial charge in [-0.3, -0.25) is 4.79 Å². The number of rotatable bonds is 22. The van der Waals surface area contributed by atoms with Gasteiger partial charge in [-0.1, -0.05) is 128 Å². The van der Waals surface area contributed by atoms with Crippen LogP contribution in [0.2, 0.25) is 0 Å². The highest BCUT2D eigenvalue weighted by Gasteiger charge is 2.22. The van der Waals surface area contributed by atoms with E-state index in [0.717, 1.165) is 45.9 Å². The molecule has 0 radical (unpaired) electrons. The number of carboxylic acids is 1. The number of carboxylic acid groups (broad SMARTS) is 1. The fraction of sp³-hybridized carbons (Fsp3) is 0.463. The molecule has 0 unspecified atom stereocenters. The molecular formula is C41H53N3O4S. The summed E-state index contributed by atoms with van der Waals surface area (Å²) in [4.78, 5) is 35.4. The molecule has 1 atom stereocenters. The van der Waals surface area contributed by atoms with Crippen LogP contribution in [-0.2, 0) is 11.2 Å². The van der Waals surface area contributed by atoms with Crippen LogP contribution < -0.4 is 10.1 Å². The second kappa shape index (κ2) is 20.5. The number of hydrogen-bond acceptors (Lipinski definition) is 6. The molecule has 49 heavy (non-hydrogen) atoms. The smallest absolute Gasteiger partial charge is 0.326 e. The van der Waals surface area contributed by atoms with Crippen LogP contribution in [0.4, 0.5) is 0 Å². The van der Waals surface area contributed by atoms with Gasteiger partial charge in [0.05, 0.1) is 11.5 Å². The van der Waals surface area contributed by atoms with E-state index >= 15 is 0 Å². The number of benzene rings is 2. The van der Waals surface area contributed by atoms with Gasteiger partial charge in [-0.15, -0.1) is 11.3 Å². The molecule has 2 N–H and O–H groups in total. The predicted molar refractivity (Wildman–Crippen MR) is 200 cm³/mol. The fourth-order valence-electron chi connectivity index (χ4n) is 5.74. The van der Waals surface area contributed by atoms with Crippen molar-refractivity contribution in [2.45, 2.75) is 116 Å². The van der Waals surface area contributed by atoms with Gasteiger partial charge in [-0.05, 0) is 47.7 Å². The summed E-state index contributed by atoms with van der Waals surface area (Å²) < 4.78 is 5.98. The van der Waals surface area contributed by atoms with Crippen LogP contribution in [-0.4, -0.2) is 39.6 Å². The van der Waals surface area contributed by atoms with Gasteiger partial charge in [0.2, 0.25) is 0 Å². The van der Waals surface area contributed by atoms with Crippen LogP contribution in [0.15, 0.2) is 73.1 Å². The summed E-state index contributed by atoms with van der Waals surface area (Å²) in [5.41, 5.74) is 3.55. The van der Waals surface area contributed by atoms with Crippen LogP contribution in [0.5, 0.6) is 5.75 Å². The minimum absolute atomic E-state index is 0.169. The average Bonchev–Trinajstić information content (AvgIpc) is 3.62. The molecule has 0 aliphatic carbocycles. The Labute approximate surface area is 296 Å². The molecule has 8 heteroatoms. The van der Waals surface area contributed by atoms with E-state index in [1.807, 2.05) is 67.0 Å². The number of carbonyl (C=O) groups excluding carboxylic acids is 1. The first-order valence-electron chi connectivity index (χ1n) is 18.1. The second-order valence-corrected chi connectivity index (χ2v) is 14.3. The number of aromatic nitrogens is 2. The Morgan fingerprint density at radius 2 is 1.31 bits per heavy atom. The molecule has 0 aliphatic heterocycles. The van der Waals surface area contributed by atoms with E-state index in [1.165, 1.54) is 82.0 Å². The van der Waals surface area contributed by atoms with Gasteiger partial charge in [0.25, 0.3) is 5.91 Å². The first-order valence-corrected chi connectivity index (χ1v) is 18.9. The Hall–Kier alpha value is -4.04. The Bertz CT molecular complexity index is 1550. The predicted octanol–water partition coefficient (Wildman–Crippen LogP) is 10.5. The largest absolute Gasteiger partial charge is 0.494 e. The van der Waals surface area contributed by atoms with E-state index in [9.17, 15) is 14.7 Å². The number of ether oxygens (including phenoxy) is 1. The van der Waals surface area contributed by atoms with E-state index in [2.05, 4.69) is 36.1 Å². The van der Waals surface area contributed by atoms with Gasteiger partial charge in [0.1, 0.15) is 11.8 Å². The van der Waals surface area contributed by atoms with Crippen molar-refractivity contribution in [1.29, 1.82) is 0 Å². The first kappa shape index (κ1) is 37.8. The number of amides is 1. The average molecular weight is 684 g/mol. The Morgan fingerprint density at radius 3 is 1.86 bits per heavy atom. The van der Waals surface area contributed by atoms with Crippen molar-refractivity contribution >= 4 is 23.2 Å². The van der Waals surface area contributed by atoms with Crippen molar-refractivity contribution in [3.63, 3.8) is 0 Å². The third-order valence-electron chi connectivity index (χ3n) is 8.78. The SMILES string of the molecule is CCCCCCCCCCCCCCOc1ccc(-c2cnc(-c3ccc(C[C@H](NC(=O)c4ccc(C(C)C)s4)C(=O)O)cc3)nc2)cc1. The molecule has 0 fully saturated rings. The summed E-state index contributed by atoms with van der Waals surface area (Å²) in [7, 11) is 0. The zero-order valence-electron chi connectivity index (χ0n) is 29.5. The number of hydrogen-bond donors (Lipinski definition) is 2. The lowest BCUT2D eigenvalue weighted by molar-refractivity contribution is -0.139. The lowest BCUT2D eigenvalue weighted by Gasteiger charge is -2.14. The summed E-state index contributed by atoms with van der Waals surface area (Å²) in [6, 6.07) is 18.2. The Balaban J connectivity index is 1.18. The van der Waals surface area contributed by atoms with Crippen LogP contribution in [0.3, 0.4) is 0 Å². The maximum absolute atomic E-state index is 12.7. The number of aliphatic carboxylic acids is 1. The van der Waals surface area contributed by atoms with Gasteiger partial charge in [0.15, 0.2) is 5.82 Å². The zero-order chi connectivity index (χ0) is 34.8. The van der Waals surface area contributed by atoms with Crippen molar-refractivity contribution in [3.8, 4) is 28.3 Å². The minimum atomic E-state index is -1.07. The van der Waals surface area contributed by atoms with E-state index in [1.54, 1.807) is 6.07 Å². The molecule has 0 saturated carbocycles. The summed E-state index contributed by atoms with van der Waals surface area (Å²) in [6.45, 7) is 7.14. The highest BCUT2D eigenvalue weighted by Crippen LogP contribution is 2.25. The number of carbonyl (C=O) groups is 2. The quantitative estimate of drug-likeness (QED) is 0.0800. The van der Waals surface area contributed by atoms with Crippen LogP contribution >= 0.6 is 11.3 Å². The van der Waals surface area contributed by atoms with Crippen molar-refractivity contribution in [2.75, 3.05) is 6.61 Å². The number of unbranched alkanes of at least 4 members (excludes halogenated alkanes) is 11. The standard InChI is InChI=1S/C41H53N3O4S/c1-4-5-6-7-8-9-10-11-12-13-14-15-26-48-35-22-20-32(21-23-35)34-28-42-39(43-29-34)33-18-16-31(17-19-33)27-36(41(46)47)44-40(45)38-25-24-37(49-38)30(2)3/h16-25,28-30,36H,4-15,26-27H2,1-3H3,(H,44,45)(H,46,47)/t36-/m0/s1. The van der Waals surface area contributed by atoms with Crippen molar-refractivity contribution in [1.82, 2.24) is 15.3 Å². The van der Waals surface area contributed by atoms with E-state index < -0.39 is 12.0 Å². The number of thiophene rings is 1. The van der Waals surface area contributed by atoms with E-state index in [-0.39, 0.29) is 12.3 Å². The molecule has 7 nitrogen and oxygen atoms in total. The molecule has 2 aromatic carbocycles. The fourth-order valence-corrected chi connectivity index (χ4v) is 6.66. The topological polar surface area (TPSA) is 101 Å². The molecule has 4 rings (SSSR count). The third-order valence-corrected chi connectivity index (χ3v) is 10.2. The molecule has 1 amide bonds. The number of nitrogens with zero attached hydrogens (tertiary/aromatic N) is 2. The normalized spacial score (nSPS) is 11.8. The maximum atomic E-state index is 12.7. The van der Waals surface area contributed by atoms with Crippen LogP contribution in [0, 0.1) is 0 Å². The second-order valence-electron chi connectivity index (χ2n) is 13.2. The lowest BCUT2D eigenvalue weighted by Crippen LogP contribution is -2.42. The molecule has 0 spiro atoms. The van der Waals surface area contributed by atoms with Crippen molar-refractivity contribution in [3.05, 3.63) is 88.4 Å². The monoisotopic (exact) mass is 683 g/mol. The minimum Gasteiger partial charge on any atom is -0.494 e. The molecule has 0 bridgehead atoms. The molecule has 0 saturated heterocycles. The molecular weight excluding hydrogens is 631 g/mol. The van der Waals surface area contributed by atoms with E-state index in [0.29, 0.717) is 16.6 Å². The maximum Gasteiger partial charge on any atom is 0.326 e. The van der Waals surface area contributed by atoms with Crippen LogP contribution in [0.25, 0.3) is 22.5 Å². The third kappa shape index (κ3) is 12.7. The van der Waals surface area contributed by atoms with Crippen LogP contribution in [0.1, 0.15) is 124 Å². The summed E-state index contributed by atoms with van der Waals surface area (Å²) in [6.07, 6.45) is 19.8. The van der Waals surface area contributed by atoms with Gasteiger partial charge >= 0.3 is 5.97 Å². The van der Waals surface area contributed by atoms with Gasteiger partial charge < -0.3 is 15.2 Å². The van der Waals surface area contributed by atoms with E-state index in [4.69, 9.17) is 4.74 Å². The molecule has 262 valence electrons. The van der Waals surface area contributed by atoms with Crippen molar-refractivity contribution in [2.24, 2.45) is 0 Å². The molecule has 2 heterocycles. The van der Waals surface area contributed by atoms with Gasteiger partial charge in [0, 0.05) is 34.8 Å². The zero-order valence-corrected chi connectivity index (χ0v) is 30.3. The number of nitrogens with one attached hydrogen (secondary N) is 1. The Morgan fingerprint density at radius 1 is 0.735 bits per heavy atom. The Kier molecular flexibility index (Phi) is 15.8. The highest BCUT2D eigenvalue weighted by molar-refractivity contribution is 7.14. The summed E-state index contributed by atoms with van der Waals surface area (Å²) in [5.74, 6) is 0.327. The highest BCUT2D eigenvalue weighted by atomic mass is 32.1. The van der Waals surface area contributed by atoms with Crippen molar-refractivity contribution < 1.29 is 19.4 Å². The molecule has 2 aromatic heterocycles. The first-order chi connectivity index (χ1) is 23.8. The summed E-state index contributed by atoms with van der Waals surface area (Å²) in [5, 5.41) is 12.4. The molecule has 4 aromatic rings. The van der Waals surface area contributed by atoms with Gasteiger partial charge in [-0.2, -0.15) is 0 Å². The lowest BCUT2D eigenvalue weighted by atomic mass is 10.0. The van der Waals surface area contributed by atoms with Gasteiger partial charge in [-0.25, -0.2) is 14.8 Å².